The molecule has 0 bridgehead atoms. The fourth-order valence-corrected chi connectivity index (χ4v) is 3.63. The van der Waals surface area contributed by atoms with Crippen LogP contribution in [0.15, 0.2) is 30.5 Å². The van der Waals surface area contributed by atoms with Gasteiger partial charge in [0.15, 0.2) is 0 Å². The summed E-state index contributed by atoms with van der Waals surface area (Å²) < 4.78 is 5.42. The first-order valence-corrected chi connectivity index (χ1v) is 8.49. The Hall–Kier alpha value is -1.46. The highest BCUT2D eigenvalue weighted by atomic mass is 32.2. The number of hydrogen-bond acceptors (Lipinski definition) is 5. The average Bonchev–Trinajstić information content (AvgIpc) is 2.55. The normalized spacial score (nSPS) is 16.0. The number of fused-ring (bicyclic) bond motifs is 1. The van der Waals surface area contributed by atoms with Crippen LogP contribution >= 0.6 is 11.8 Å². The Balaban J connectivity index is 1.69. The second-order valence-electron chi connectivity index (χ2n) is 5.10. The molecule has 2 heterocycles. The maximum absolute atomic E-state index is 5.42. The average molecular weight is 303 g/mol. The number of nitrogens with one attached hydrogen (secondary N) is 1. The van der Waals surface area contributed by atoms with E-state index in [2.05, 4.69) is 21.3 Å². The SMILES string of the molecule is COc1cccc2c(NCCN3CCSCC3)nccc12. The van der Waals surface area contributed by atoms with E-state index in [0.29, 0.717) is 0 Å². The predicted molar refractivity (Wildman–Crippen MR) is 90.5 cm³/mol. The molecule has 0 unspecified atom stereocenters. The molecule has 3 rings (SSSR count). The molecular weight excluding hydrogens is 282 g/mol. The second kappa shape index (κ2) is 7.00. The highest BCUT2D eigenvalue weighted by Gasteiger charge is 2.10. The molecule has 0 saturated carbocycles. The standard InChI is InChI=1S/C16H21N3OS/c1-20-15-4-2-3-14-13(15)5-6-17-16(14)18-7-8-19-9-11-21-12-10-19/h2-6H,7-12H2,1H3,(H,17,18). The second-order valence-corrected chi connectivity index (χ2v) is 6.32. The van der Waals surface area contributed by atoms with Crippen molar-refractivity contribution in [3.8, 4) is 5.75 Å². The van der Waals surface area contributed by atoms with Crippen LogP contribution in [0.2, 0.25) is 0 Å². The summed E-state index contributed by atoms with van der Waals surface area (Å²) >= 11 is 2.05. The minimum Gasteiger partial charge on any atom is -0.496 e. The van der Waals surface area contributed by atoms with Gasteiger partial charge in [-0.05, 0) is 12.1 Å². The molecule has 21 heavy (non-hydrogen) atoms. The summed E-state index contributed by atoms with van der Waals surface area (Å²) in [6.07, 6.45) is 1.84. The Labute approximate surface area is 129 Å². The van der Waals surface area contributed by atoms with Crippen LogP contribution < -0.4 is 10.1 Å². The highest BCUT2D eigenvalue weighted by Crippen LogP contribution is 2.28. The van der Waals surface area contributed by atoms with Crippen LogP contribution in [0.1, 0.15) is 0 Å². The molecule has 1 N–H and O–H groups in total. The summed E-state index contributed by atoms with van der Waals surface area (Å²) in [5, 5.41) is 5.69. The predicted octanol–water partition coefficient (Wildman–Crippen LogP) is 2.70. The molecule has 4 nitrogen and oxygen atoms in total. The van der Waals surface area contributed by atoms with Gasteiger partial charge in [-0.1, -0.05) is 12.1 Å². The quantitative estimate of drug-likeness (QED) is 0.919. The van der Waals surface area contributed by atoms with E-state index < -0.39 is 0 Å². The third-order valence-electron chi connectivity index (χ3n) is 3.81. The first-order chi connectivity index (χ1) is 10.4. The number of hydrogen-bond donors (Lipinski definition) is 1. The molecule has 0 radical (unpaired) electrons. The van der Waals surface area contributed by atoms with Crippen LogP contribution in [0.5, 0.6) is 5.75 Å². The number of rotatable bonds is 5. The summed E-state index contributed by atoms with van der Waals surface area (Å²) in [5.41, 5.74) is 0. The smallest absolute Gasteiger partial charge is 0.133 e. The van der Waals surface area contributed by atoms with Crippen LogP contribution in [-0.4, -0.2) is 54.7 Å². The van der Waals surface area contributed by atoms with E-state index in [1.54, 1.807) is 7.11 Å². The Morgan fingerprint density at radius 1 is 1.24 bits per heavy atom. The van der Waals surface area contributed by atoms with Crippen LogP contribution in [0.25, 0.3) is 10.8 Å². The van der Waals surface area contributed by atoms with Gasteiger partial charge in [0.1, 0.15) is 11.6 Å². The molecule has 1 aliphatic heterocycles. The lowest BCUT2D eigenvalue weighted by atomic mass is 10.1. The van der Waals surface area contributed by atoms with Crippen LogP contribution in [0, 0.1) is 0 Å². The van der Waals surface area contributed by atoms with Gasteiger partial charge in [0.05, 0.1) is 7.11 Å². The number of methoxy groups -OCH3 is 1. The van der Waals surface area contributed by atoms with Crippen molar-refractivity contribution in [3.05, 3.63) is 30.5 Å². The number of nitrogens with zero attached hydrogens (tertiary/aromatic N) is 2. The van der Waals surface area contributed by atoms with Crippen LogP contribution in [0.4, 0.5) is 5.82 Å². The molecule has 1 saturated heterocycles. The Bertz CT molecular complexity index is 599. The van der Waals surface area contributed by atoms with Gasteiger partial charge < -0.3 is 10.1 Å². The first-order valence-electron chi connectivity index (χ1n) is 7.34. The Morgan fingerprint density at radius 2 is 2.10 bits per heavy atom. The summed E-state index contributed by atoms with van der Waals surface area (Å²) in [5.74, 6) is 4.34. The third kappa shape index (κ3) is 3.41. The topological polar surface area (TPSA) is 37.4 Å². The summed E-state index contributed by atoms with van der Waals surface area (Å²) in [7, 11) is 1.71. The van der Waals surface area contributed by atoms with E-state index >= 15 is 0 Å². The molecule has 5 heteroatoms. The van der Waals surface area contributed by atoms with Crippen molar-refractivity contribution in [3.63, 3.8) is 0 Å². The number of ether oxygens (including phenoxy) is 1. The maximum Gasteiger partial charge on any atom is 0.133 e. The van der Waals surface area contributed by atoms with Crippen LogP contribution in [0.3, 0.4) is 0 Å². The van der Waals surface area contributed by atoms with E-state index in [9.17, 15) is 0 Å². The molecule has 0 amide bonds. The van der Waals surface area contributed by atoms with Crippen molar-refractivity contribution >= 4 is 28.4 Å². The van der Waals surface area contributed by atoms with Gasteiger partial charge in [0.2, 0.25) is 0 Å². The Kier molecular flexibility index (Phi) is 4.83. The van der Waals surface area contributed by atoms with E-state index in [1.807, 2.05) is 36.2 Å². The highest BCUT2D eigenvalue weighted by molar-refractivity contribution is 7.99. The number of pyridine rings is 1. The minimum absolute atomic E-state index is 0.894. The van der Waals surface area contributed by atoms with Crippen molar-refractivity contribution in [2.24, 2.45) is 0 Å². The third-order valence-corrected chi connectivity index (χ3v) is 4.75. The van der Waals surface area contributed by atoms with Crippen molar-refractivity contribution in [2.45, 2.75) is 0 Å². The number of aromatic nitrogens is 1. The summed E-state index contributed by atoms with van der Waals surface area (Å²) in [6.45, 7) is 4.39. The molecule has 0 aliphatic carbocycles. The van der Waals surface area contributed by atoms with Crippen molar-refractivity contribution in [2.75, 3.05) is 50.1 Å². The van der Waals surface area contributed by atoms with Crippen molar-refractivity contribution in [1.29, 1.82) is 0 Å². The van der Waals surface area contributed by atoms with E-state index in [4.69, 9.17) is 4.74 Å². The van der Waals surface area contributed by atoms with Gasteiger partial charge in [0, 0.05) is 54.7 Å². The molecule has 0 atom stereocenters. The molecule has 1 aromatic carbocycles. The molecule has 112 valence electrons. The van der Waals surface area contributed by atoms with Gasteiger partial charge in [-0.15, -0.1) is 0 Å². The van der Waals surface area contributed by atoms with E-state index in [-0.39, 0.29) is 0 Å². The zero-order valence-corrected chi connectivity index (χ0v) is 13.2. The number of thioether (sulfide) groups is 1. The van der Waals surface area contributed by atoms with Crippen molar-refractivity contribution in [1.82, 2.24) is 9.88 Å². The zero-order chi connectivity index (χ0) is 14.5. The van der Waals surface area contributed by atoms with E-state index in [1.165, 1.54) is 24.6 Å². The lowest BCUT2D eigenvalue weighted by molar-refractivity contribution is 0.314. The van der Waals surface area contributed by atoms with Gasteiger partial charge >= 0.3 is 0 Å². The van der Waals surface area contributed by atoms with Crippen LogP contribution in [-0.2, 0) is 0 Å². The summed E-state index contributed by atoms with van der Waals surface area (Å²) in [6, 6.07) is 8.08. The van der Waals surface area contributed by atoms with E-state index in [0.717, 1.165) is 35.4 Å². The van der Waals surface area contributed by atoms with Gasteiger partial charge in [-0.25, -0.2) is 4.98 Å². The monoisotopic (exact) mass is 303 g/mol. The van der Waals surface area contributed by atoms with Gasteiger partial charge in [-0.2, -0.15) is 11.8 Å². The molecule has 1 fully saturated rings. The fraction of sp³-hybridized carbons (Fsp3) is 0.438. The molecule has 1 aliphatic rings. The molecule has 1 aromatic heterocycles. The maximum atomic E-state index is 5.42. The molecule has 0 spiro atoms. The first kappa shape index (κ1) is 14.5. The fourth-order valence-electron chi connectivity index (χ4n) is 2.65. The summed E-state index contributed by atoms with van der Waals surface area (Å²) in [4.78, 5) is 6.98. The molecule has 2 aromatic rings. The zero-order valence-electron chi connectivity index (χ0n) is 12.3. The minimum atomic E-state index is 0.894. The van der Waals surface area contributed by atoms with Gasteiger partial charge in [-0.3, -0.25) is 4.90 Å². The molecular formula is C16H21N3OS. The lowest BCUT2D eigenvalue weighted by Crippen LogP contribution is -2.36. The number of anilines is 1. The Morgan fingerprint density at radius 3 is 2.90 bits per heavy atom. The van der Waals surface area contributed by atoms with Gasteiger partial charge in [0.25, 0.3) is 0 Å². The van der Waals surface area contributed by atoms with Crippen molar-refractivity contribution < 1.29 is 4.74 Å². The number of benzene rings is 1. The largest absolute Gasteiger partial charge is 0.496 e. The lowest BCUT2D eigenvalue weighted by Gasteiger charge is -2.26.